The van der Waals surface area contributed by atoms with E-state index >= 15 is 0 Å². The van der Waals surface area contributed by atoms with E-state index in [-0.39, 0.29) is 16.6 Å². The van der Waals surface area contributed by atoms with Gasteiger partial charge in [0.05, 0.1) is 5.56 Å². The van der Waals surface area contributed by atoms with Gasteiger partial charge in [-0.2, -0.15) is 0 Å². The zero-order chi connectivity index (χ0) is 16.0. The zero-order valence-corrected chi connectivity index (χ0v) is 13.6. The fourth-order valence-electron chi connectivity index (χ4n) is 3.77. The van der Waals surface area contributed by atoms with Crippen molar-refractivity contribution < 1.29 is 4.39 Å². The van der Waals surface area contributed by atoms with E-state index < -0.39 is 0 Å². The molecule has 3 rings (SSSR count). The van der Waals surface area contributed by atoms with E-state index in [4.69, 9.17) is 0 Å². The average Bonchev–Trinajstić information content (AvgIpc) is 2.63. The molecule has 0 saturated heterocycles. The molecule has 0 aromatic heterocycles. The SMILES string of the molecule is CC1(C)CC(C)(C)c2cc(C#Cc3ccccc3F)ccc21. The van der Waals surface area contributed by atoms with Crippen molar-refractivity contribution in [2.45, 2.75) is 44.9 Å². The molecule has 1 aliphatic rings. The third-order valence-electron chi connectivity index (χ3n) is 4.58. The fourth-order valence-corrected chi connectivity index (χ4v) is 3.77. The zero-order valence-electron chi connectivity index (χ0n) is 13.6. The van der Waals surface area contributed by atoms with E-state index in [0.29, 0.717) is 5.56 Å². The van der Waals surface area contributed by atoms with Crippen molar-refractivity contribution in [1.29, 1.82) is 0 Å². The Labute approximate surface area is 132 Å². The van der Waals surface area contributed by atoms with Gasteiger partial charge in [-0.25, -0.2) is 4.39 Å². The number of hydrogen-bond donors (Lipinski definition) is 0. The van der Waals surface area contributed by atoms with Crippen molar-refractivity contribution in [3.05, 3.63) is 70.5 Å². The molecule has 0 heterocycles. The van der Waals surface area contributed by atoms with Crippen LogP contribution in [0, 0.1) is 17.7 Å². The molecule has 112 valence electrons. The van der Waals surface area contributed by atoms with Crippen molar-refractivity contribution >= 4 is 0 Å². The Kier molecular flexibility index (Phi) is 3.37. The molecule has 0 unspecified atom stereocenters. The molecule has 0 fully saturated rings. The Balaban J connectivity index is 2.02. The smallest absolute Gasteiger partial charge is 0.138 e. The lowest BCUT2D eigenvalue weighted by molar-refractivity contribution is 0.403. The number of hydrogen-bond acceptors (Lipinski definition) is 0. The van der Waals surface area contributed by atoms with E-state index in [1.165, 1.54) is 17.2 Å². The maximum atomic E-state index is 13.6. The van der Waals surface area contributed by atoms with Gasteiger partial charge in [0.2, 0.25) is 0 Å². The third-order valence-corrected chi connectivity index (χ3v) is 4.58. The maximum absolute atomic E-state index is 13.6. The van der Waals surface area contributed by atoms with Gasteiger partial charge in [0.25, 0.3) is 0 Å². The van der Waals surface area contributed by atoms with Crippen molar-refractivity contribution in [3.63, 3.8) is 0 Å². The summed E-state index contributed by atoms with van der Waals surface area (Å²) in [5.41, 5.74) is 4.55. The van der Waals surface area contributed by atoms with Crippen LogP contribution in [-0.2, 0) is 10.8 Å². The van der Waals surface area contributed by atoms with Crippen LogP contribution < -0.4 is 0 Å². The standard InChI is InChI=1S/C21H21F/c1-20(2)14-21(3,4)18-13-15(10-12-17(18)20)9-11-16-7-5-6-8-19(16)22/h5-8,10,12-13H,14H2,1-4H3. The second kappa shape index (κ2) is 4.99. The Morgan fingerprint density at radius 1 is 0.864 bits per heavy atom. The first kappa shape index (κ1) is 14.9. The largest absolute Gasteiger partial charge is 0.206 e. The molecule has 0 amide bonds. The van der Waals surface area contributed by atoms with Crippen LogP contribution >= 0.6 is 0 Å². The van der Waals surface area contributed by atoms with E-state index in [9.17, 15) is 4.39 Å². The Morgan fingerprint density at radius 3 is 2.27 bits per heavy atom. The summed E-state index contributed by atoms with van der Waals surface area (Å²) in [7, 11) is 0. The summed E-state index contributed by atoms with van der Waals surface area (Å²) in [5.74, 6) is 5.78. The summed E-state index contributed by atoms with van der Waals surface area (Å²) in [6.07, 6.45) is 1.14. The van der Waals surface area contributed by atoms with Gasteiger partial charge in [0, 0.05) is 5.56 Å². The predicted octanol–water partition coefficient (Wildman–Crippen LogP) is 5.18. The summed E-state index contributed by atoms with van der Waals surface area (Å²) in [6, 6.07) is 13.1. The molecule has 2 aromatic carbocycles. The molecular weight excluding hydrogens is 271 g/mol. The highest BCUT2D eigenvalue weighted by atomic mass is 19.1. The highest BCUT2D eigenvalue weighted by Gasteiger charge is 2.41. The summed E-state index contributed by atoms with van der Waals surface area (Å²) >= 11 is 0. The van der Waals surface area contributed by atoms with Crippen LogP contribution in [0.1, 0.15) is 56.4 Å². The highest BCUT2D eigenvalue weighted by Crippen LogP contribution is 2.49. The minimum absolute atomic E-state index is 0.161. The molecule has 0 N–H and O–H groups in total. The molecule has 1 heteroatoms. The van der Waals surface area contributed by atoms with Crippen LogP contribution in [0.4, 0.5) is 4.39 Å². The first-order valence-corrected chi connectivity index (χ1v) is 7.71. The Hall–Kier alpha value is -2.07. The van der Waals surface area contributed by atoms with Crippen LogP contribution in [-0.4, -0.2) is 0 Å². The molecule has 0 spiro atoms. The lowest BCUT2D eigenvalue weighted by Gasteiger charge is -2.22. The van der Waals surface area contributed by atoms with Gasteiger partial charge < -0.3 is 0 Å². The second-order valence-corrected chi connectivity index (χ2v) is 7.43. The third kappa shape index (κ3) is 2.55. The molecule has 22 heavy (non-hydrogen) atoms. The quantitative estimate of drug-likeness (QED) is 0.587. The van der Waals surface area contributed by atoms with Gasteiger partial charge in [-0.3, -0.25) is 0 Å². The normalized spacial score (nSPS) is 17.5. The van der Waals surface area contributed by atoms with Gasteiger partial charge in [0.1, 0.15) is 5.82 Å². The molecule has 2 aromatic rings. The molecule has 0 nitrogen and oxygen atoms in total. The minimum atomic E-state index is -0.266. The first-order valence-electron chi connectivity index (χ1n) is 7.71. The van der Waals surface area contributed by atoms with E-state index in [2.05, 4.69) is 57.7 Å². The van der Waals surface area contributed by atoms with Crippen LogP contribution in [0.15, 0.2) is 42.5 Å². The molecule has 0 radical (unpaired) electrons. The van der Waals surface area contributed by atoms with Crippen LogP contribution in [0.25, 0.3) is 0 Å². The van der Waals surface area contributed by atoms with Crippen LogP contribution in [0.2, 0.25) is 0 Å². The van der Waals surface area contributed by atoms with Gasteiger partial charge in [-0.15, -0.1) is 0 Å². The summed E-state index contributed by atoms with van der Waals surface area (Å²) in [6.45, 7) is 9.17. The number of fused-ring (bicyclic) bond motifs is 1. The van der Waals surface area contributed by atoms with Crippen LogP contribution in [0.5, 0.6) is 0 Å². The fraction of sp³-hybridized carbons (Fsp3) is 0.333. The van der Waals surface area contributed by atoms with E-state index in [0.717, 1.165) is 12.0 Å². The van der Waals surface area contributed by atoms with Crippen molar-refractivity contribution in [2.75, 3.05) is 0 Å². The summed E-state index contributed by atoms with van der Waals surface area (Å²) in [4.78, 5) is 0. The van der Waals surface area contributed by atoms with Gasteiger partial charge in [0.15, 0.2) is 0 Å². The summed E-state index contributed by atoms with van der Waals surface area (Å²) in [5, 5.41) is 0. The molecular formula is C21H21F. The molecule has 1 aliphatic carbocycles. The van der Waals surface area contributed by atoms with Gasteiger partial charge in [-0.1, -0.05) is 57.7 Å². The van der Waals surface area contributed by atoms with Crippen molar-refractivity contribution in [2.24, 2.45) is 0 Å². The molecule has 0 saturated carbocycles. The molecule has 0 atom stereocenters. The average molecular weight is 292 g/mol. The Bertz CT molecular complexity index is 785. The van der Waals surface area contributed by atoms with Crippen molar-refractivity contribution in [3.8, 4) is 11.8 Å². The van der Waals surface area contributed by atoms with Crippen LogP contribution in [0.3, 0.4) is 0 Å². The Morgan fingerprint density at radius 2 is 1.55 bits per heavy atom. The minimum Gasteiger partial charge on any atom is -0.206 e. The lowest BCUT2D eigenvalue weighted by Crippen LogP contribution is -2.17. The van der Waals surface area contributed by atoms with E-state index in [1.54, 1.807) is 18.2 Å². The van der Waals surface area contributed by atoms with E-state index in [1.807, 2.05) is 0 Å². The molecule has 0 bridgehead atoms. The second-order valence-electron chi connectivity index (χ2n) is 7.43. The predicted molar refractivity (Wildman–Crippen MR) is 89.5 cm³/mol. The lowest BCUT2D eigenvalue weighted by atomic mass is 9.82. The first-order chi connectivity index (χ1) is 10.3. The molecule has 0 aliphatic heterocycles. The highest BCUT2D eigenvalue weighted by molar-refractivity contribution is 5.51. The number of halogens is 1. The summed E-state index contributed by atoms with van der Waals surface area (Å²) < 4.78 is 13.6. The monoisotopic (exact) mass is 292 g/mol. The number of benzene rings is 2. The number of rotatable bonds is 0. The van der Waals surface area contributed by atoms with Crippen molar-refractivity contribution in [1.82, 2.24) is 0 Å². The van der Waals surface area contributed by atoms with Gasteiger partial charge >= 0.3 is 0 Å². The van der Waals surface area contributed by atoms with Gasteiger partial charge in [-0.05, 0) is 52.6 Å². The maximum Gasteiger partial charge on any atom is 0.138 e. The topological polar surface area (TPSA) is 0 Å².